The molecule has 1 amide bonds. The van der Waals surface area contributed by atoms with Crippen LogP contribution in [0.2, 0.25) is 5.02 Å². The van der Waals surface area contributed by atoms with Crippen molar-refractivity contribution in [2.24, 2.45) is 0 Å². The molecule has 8 heteroatoms. The number of anilines is 1. The Balaban J connectivity index is 1.67. The first-order chi connectivity index (χ1) is 14.3. The zero-order valence-corrected chi connectivity index (χ0v) is 19.6. The molecule has 0 aliphatic heterocycles. The molecule has 1 aliphatic rings. The van der Waals surface area contributed by atoms with E-state index in [1.807, 2.05) is 37.7 Å². The summed E-state index contributed by atoms with van der Waals surface area (Å²) in [5, 5.41) is 3.64. The average Bonchev–Trinajstić information content (AvgIpc) is 3.21. The smallest absolute Gasteiger partial charge is 0.263 e. The van der Waals surface area contributed by atoms with E-state index in [0.717, 1.165) is 16.9 Å². The van der Waals surface area contributed by atoms with Crippen LogP contribution in [0.1, 0.15) is 47.2 Å². The monoisotopic (exact) mass is 466 g/mol. The number of aryl methyl sites for hydroxylation is 2. The summed E-state index contributed by atoms with van der Waals surface area (Å²) in [4.78, 5) is 12.4. The second-order valence-corrected chi connectivity index (χ2v) is 11.1. The van der Waals surface area contributed by atoms with E-state index in [1.54, 1.807) is 6.07 Å². The van der Waals surface area contributed by atoms with Crippen molar-refractivity contribution in [1.29, 1.82) is 0 Å². The summed E-state index contributed by atoms with van der Waals surface area (Å²) in [5.74, 6) is 0.547. The number of nitrogens with one attached hydrogen (secondary N) is 2. The highest BCUT2D eigenvalue weighted by molar-refractivity contribution is 7.99. The molecule has 0 aromatic heterocycles. The second-order valence-electron chi connectivity index (χ2n) is 7.60. The lowest BCUT2D eigenvalue weighted by Crippen LogP contribution is -2.26. The molecule has 0 spiro atoms. The molecule has 3 rings (SSSR count). The Hall–Kier alpha value is -1.70. The SMILES string of the molecule is Cc1ccc(NS(=O)(=O)c2cc(C(=O)NCCSC3CCCC3)ccc2Cl)c(C)c1. The molecular formula is C22H27ClN2O3S2. The maximum absolute atomic E-state index is 12.9. The van der Waals surface area contributed by atoms with Gasteiger partial charge in [-0.25, -0.2) is 8.42 Å². The Kier molecular flexibility index (Phi) is 7.71. The van der Waals surface area contributed by atoms with E-state index < -0.39 is 10.0 Å². The Morgan fingerprint density at radius 3 is 2.57 bits per heavy atom. The first kappa shape index (κ1) is 23.0. The summed E-state index contributed by atoms with van der Waals surface area (Å²) in [6.45, 7) is 4.32. The van der Waals surface area contributed by atoms with E-state index in [4.69, 9.17) is 11.6 Å². The third-order valence-corrected chi connectivity index (χ3v) is 8.38. The van der Waals surface area contributed by atoms with Gasteiger partial charge in [0.1, 0.15) is 4.90 Å². The van der Waals surface area contributed by atoms with Gasteiger partial charge in [-0.1, -0.05) is 42.1 Å². The number of hydrogen-bond acceptors (Lipinski definition) is 4. The van der Waals surface area contributed by atoms with E-state index in [0.29, 0.717) is 17.5 Å². The number of rotatable bonds is 8. The van der Waals surface area contributed by atoms with Gasteiger partial charge in [0.15, 0.2) is 0 Å². The molecule has 30 heavy (non-hydrogen) atoms. The van der Waals surface area contributed by atoms with E-state index in [-0.39, 0.29) is 21.4 Å². The van der Waals surface area contributed by atoms with Crippen molar-refractivity contribution in [3.05, 3.63) is 58.1 Å². The van der Waals surface area contributed by atoms with Crippen molar-refractivity contribution >= 4 is 45.0 Å². The third kappa shape index (κ3) is 5.93. The van der Waals surface area contributed by atoms with Gasteiger partial charge in [0.2, 0.25) is 0 Å². The van der Waals surface area contributed by atoms with E-state index in [9.17, 15) is 13.2 Å². The summed E-state index contributed by atoms with van der Waals surface area (Å²) in [7, 11) is -3.94. The first-order valence-electron chi connectivity index (χ1n) is 10.1. The van der Waals surface area contributed by atoms with E-state index >= 15 is 0 Å². The molecule has 2 N–H and O–H groups in total. The van der Waals surface area contributed by atoms with Crippen LogP contribution in [0.4, 0.5) is 5.69 Å². The van der Waals surface area contributed by atoms with Crippen molar-refractivity contribution in [3.8, 4) is 0 Å². The first-order valence-corrected chi connectivity index (χ1v) is 13.0. The van der Waals surface area contributed by atoms with Crippen LogP contribution in [0.25, 0.3) is 0 Å². The number of carbonyl (C=O) groups is 1. The number of benzene rings is 2. The molecule has 0 heterocycles. The molecule has 2 aromatic rings. The highest BCUT2D eigenvalue weighted by Crippen LogP contribution is 2.29. The summed E-state index contributed by atoms with van der Waals surface area (Å²) in [6.07, 6.45) is 5.10. The standard InChI is InChI=1S/C22H27ClN2O3S2/c1-15-7-10-20(16(2)13-15)25-30(27,28)21-14-17(8-9-19(21)23)22(26)24-11-12-29-18-5-3-4-6-18/h7-10,13-14,18,25H,3-6,11-12H2,1-2H3,(H,24,26). The predicted octanol–water partition coefficient (Wildman–Crippen LogP) is 5.16. The highest BCUT2D eigenvalue weighted by Gasteiger charge is 2.21. The summed E-state index contributed by atoms with van der Waals surface area (Å²) in [5.41, 5.74) is 2.60. The Labute approximate surface area is 188 Å². The van der Waals surface area contributed by atoms with Crippen molar-refractivity contribution in [2.75, 3.05) is 17.0 Å². The maximum atomic E-state index is 12.9. The second kappa shape index (κ2) is 10.1. The molecule has 1 saturated carbocycles. The van der Waals surface area contributed by atoms with Gasteiger partial charge in [-0.15, -0.1) is 0 Å². The molecule has 1 fully saturated rings. The fourth-order valence-electron chi connectivity index (χ4n) is 3.53. The average molecular weight is 467 g/mol. The number of halogens is 1. The van der Waals surface area contributed by atoms with Gasteiger partial charge in [-0.3, -0.25) is 9.52 Å². The van der Waals surface area contributed by atoms with Crippen LogP contribution in [0, 0.1) is 13.8 Å². The molecule has 0 unspecified atom stereocenters. The number of sulfonamides is 1. The van der Waals surface area contributed by atoms with Gasteiger partial charge in [0.25, 0.3) is 15.9 Å². The maximum Gasteiger partial charge on any atom is 0.263 e. The van der Waals surface area contributed by atoms with Crippen LogP contribution in [0.5, 0.6) is 0 Å². The Morgan fingerprint density at radius 1 is 1.13 bits per heavy atom. The van der Waals surface area contributed by atoms with Crippen LogP contribution in [-0.4, -0.2) is 31.9 Å². The van der Waals surface area contributed by atoms with Crippen LogP contribution in [0.3, 0.4) is 0 Å². The number of amides is 1. The number of thioether (sulfide) groups is 1. The molecule has 2 aromatic carbocycles. The van der Waals surface area contributed by atoms with Crippen molar-refractivity contribution in [3.63, 3.8) is 0 Å². The lowest BCUT2D eigenvalue weighted by Gasteiger charge is -2.13. The molecule has 0 bridgehead atoms. The Bertz CT molecular complexity index is 1020. The lowest BCUT2D eigenvalue weighted by molar-refractivity contribution is 0.0956. The van der Waals surface area contributed by atoms with Crippen LogP contribution in [0.15, 0.2) is 41.3 Å². The normalized spacial score (nSPS) is 14.6. The molecule has 0 atom stereocenters. The summed E-state index contributed by atoms with van der Waals surface area (Å²) >= 11 is 8.05. The fourth-order valence-corrected chi connectivity index (χ4v) is 6.40. The minimum absolute atomic E-state index is 0.0700. The zero-order valence-electron chi connectivity index (χ0n) is 17.2. The number of carbonyl (C=O) groups excluding carboxylic acids is 1. The predicted molar refractivity (Wildman–Crippen MR) is 125 cm³/mol. The minimum atomic E-state index is -3.94. The van der Waals surface area contributed by atoms with Gasteiger partial charge >= 0.3 is 0 Å². The minimum Gasteiger partial charge on any atom is -0.351 e. The van der Waals surface area contributed by atoms with Crippen molar-refractivity contribution < 1.29 is 13.2 Å². The molecule has 5 nitrogen and oxygen atoms in total. The van der Waals surface area contributed by atoms with Crippen LogP contribution in [-0.2, 0) is 10.0 Å². The highest BCUT2D eigenvalue weighted by atomic mass is 35.5. The summed E-state index contributed by atoms with van der Waals surface area (Å²) in [6, 6.07) is 9.76. The molecule has 1 aliphatic carbocycles. The van der Waals surface area contributed by atoms with Gasteiger partial charge in [-0.05, 0) is 56.5 Å². The molecule has 0 saturated heterocycles. The molecule has 162 valence electrons. The van der Waals surface area contributed by atoms with Gasteiger partial charge in [0.05, 0.1) is 10.7 Å². The van der Waals surface area contributed by atoms with Crippen molar-refractivity contribution in [2.45, 2.75) is 49.7 Å². The van der Waals surface area contributed by atoms with E-state index in [1.165, 1.54) is 43.9 Å². The Morgan fingerprint density at radius 2 is 1.87 bits per heavy atom. The van der Waals surface area contributed by atoms with Crippen LogP contribution >= 0.6 is 23.4 Å². The van der Waals surface area contributed by atoms with Gasteiger partial charge in [-0.2, -0.15) is 11.8 Å². The van der Waals surface area contributed by atoms with Crippen molar-refractivity contribution in [1.82, 2.24) is 5.32 Å². The lowest BCUT2D eigenvalue weighted by atomic mass is 10.1. The fraction of sp³-hybridized carbons (Fsp3) is 0.409. The van der Waals surface area contributed by atoms with Gasteiger partial charge < -0.3 is 5.32 Å². The summed E-state index contributed by atoms with van der Waals surface area (Å²) < 4.78 is 28.4. The zero-order chi connectivity index (χ0) is 21.7. The third-order valence-electron chi connectivity index (χ3n) is 5.15. The topological polar surface area (TPSA) is 75.3 Å². The van der Waals surface area contributed by atoms with Gasteiger partial charge in [0, 0.05) is 23.1 Å². The number of hydrogen-bond donors (Lipinski definition) is 2. The molecule has 0 radical (unpaired) electrons. The molecular weight excluding hydrogens is 440 g/mol. The largest absolute Gasteiger partial charge is 0.351 e. The van der Waals surface area contributed by atoms with E-state index in [2.05, 4.69) is 10.0 Å². The quantitative estimate of drug-likeness (QED) is 0.526. The van der Waals surface area contributed by atoms with Crippen LogP contribution < -0.4 is 10.0 Å².